The molecule has 0 aromatic carbocycles. The first-order chi connectivity index (χ1) is 16.2. The molecular weight excluding hydrogens is 436 g/mol. The Morgan fingerprint density at radius 1 is 1.09 bits per heavy atom. The summed E-state index contributed by atoms with van der Waals surface area (Å²) in [6, 6.07) is 0. The van der Waals surface area contributed by atoms with Crippen LogP contribution in [0.4, 0.5) is 0 Å². The van der Waals surface area contributed by atoms with Crippen LogP contribution in [0, 0.1) is 45.3 Å². The Morgan fingerprint density at radius 2 is 1.77 bits per heavy atom. The van der Waals surface area contributed by atoms with Crippen molar-refractivity contribution in [1.82, 2.24) is 0 Å². The number of carbonyl (C=O) groups is 1. The van der Waals surface area contributed by atoms with Crippen molar-refractivity contribution < 1.29 is 19.7 Å². The van der Waals surface area contributed by atoms with Gasteiger partial charge in [-0.3, -0.25) is 0 Å². The number of fused-ring (bicyclic) bond motifs is 5. The smallest absolute Gasteiger partial charge is 0.127 e. The van der Waals surface area contributed by atoms with E-state index >= 15 is 0 Å². The van der Waals surface area contributed by atoms with Crippen molar-refractivity contribution in [3.8, 4) is 0 Å². The Kier molecular flexibility index (Phi) is 6.81. The molecule has 0 unspecified atom stereocenters. The number of aliphatic hydroxyl groups excluding tert-OH is 2. The summed E-state index contributed by atoms with van der Waals surface area (Å²) in [5.41, 5.74) is -0.0723. The molecule has 4 heteroatoms. The van der Waals surface area contributed by atoms with Crippen LogP contribution < -0.4 is 0 Å². The zero-order valence-electron chi connectivity index (χ0n) is 23.4. The number of aliphatic hydroxyl groups is 2. The molecule has 3 fully saturated rings. The highest BCUT2D eigenvalue weighted by Crippen LogP contribution is 2.74. The van der Waals surface area contributed by atoms with E-state index in [4.69, 9.17) is 4.74 Å². The molecule has 4 aliphatic carbocycles. The molecule has 0 amide bonds. The summed E-state index contributed by atoms with van der Waals surface area (Å²) in [7, 11) is 1.75. The number of hydrogen-bond acceptors (Lipinski definition) is 4. The molecule has 0 bridgehead atoms. The standard InChI is InChI=1S/C31H50O4/c1-20(10-9-14-27(2,3)35-8)21-13-15-30(7)26-24(33)18-23-22(11-12-25(34)28(23,4)5)31(26,19-32)17-16-29(21,30)6/h9,14,18-22,24-26,33-34H,10-13,15-17H2,1-8H3/b14-9+/t20-,21-,22+,24+,25+,26+,29-,30+,31-/m1/s1. The van der Waals surface area contributed by atoms with Gasteiger partial charge in [0.15, 0.2) is 0 Å². The van der Waals surface area contributed by atoms with Gasteiger partial charge in [-0.1, -0.05) is 58.4 Å². The number of ether oxygens (including phenoxy) is 1. The third-order valence-corrected chi connectivity index (χ3v) is 11.9. The van der Waals surface area contributed by atoms with Crippen molar-refractivity contribution in [2.45, 2.75) is 111 Å². The van der Waals surface area contributed by atoms with Gasteiger partial charge in [0.1, 0.15) is 6.29 Å². The largest absolute Gasteiger partial charge is 0.392 e. The normalized spacial score (nSPS) is 45.9. The molecule has 0 aromatic heterocycles. The first-order valence-electron chi connectivity index (χ1n) is 14.0. The summed E-state index contributed by atoms with van der Waals surface area (Å²) < 4.78 is 5.56. The van der Waals surface area contributed by atoms with E-state index < -0.39 is 23.0 Å². The molecule has 9 atom stereocenters. The number of allylic oxidation sites excluding steroid dienone is 1. The monoisotopic (exact) mass is 486 g/mol. The van der Waals surface area contributed by atoms with E-state index in [1.54, 1.807) is 7.11 Å². The minimum atomic E-state index is -0.642. The van der Waals surface area contributed by atoms with Gasteiger partial charge in [0.05, 0.1) is 17.8 Å². The third kappa shape index (κ3) is 3.84. The predicted molar refractivity (Wildman–Crippen MR) is 141 cm³/mol. The maximum Gasteiger partial charge on any atom is 0.127 e. The summed E-state index contributed by atoms with van der Waals surface area (Å²) in [6.07, 6.45) is 13.4. The topological polar surface area (TPSA) is 66.8 Å². The van der Waals surface area contributed by atoms with Crippen molar-refractivity contribution >= 4 is 6.29 Å². The highest BCUT2D eigenvalue weighted by molar-refractivity contribution is 5.65. The van der Waals surface area contributed by atoms with Crippen LogP contribution in [0.2, 0.25) is 0 Å². The second kappa shape index (κ2) is 8.81. The zero-order chi connectivity index (χ0) is 26.0. The van der Waals surface area contributed by atoms with E-state index in [0.717, 1.165) is 50.5 Å². The Morgan fingerprint density at radius 3 is 2.40 bits per heavy atom. The van der Waals surface area contributed by atoms with Gasteiger partial charge >= 0.3 is 0 Å². The molecule has 4 rings (SSSR count). The first-order valence-corrected chi connectivity index (χ1v) is 14.0. The minimum absolute atomic E-state index is 0.0637. The average molecular weight is 487 g/mol. The van der Waals surface area contributed by atoms with Crippen molar-refractivity contribution in [2.75, 3.05) is 7.11 Å². The summed E-state index contributed by atoms with van der Waals surface area (Å²) in [6.45, 7) is 15.6. The van der Waals surface area contributed by atoms with Gasteiger partial charge in [0.2, 0.25) is 0 Å². The lowest BCUT2D eigenvalue weighted by Gasteiger charge is -2.66. The van der Waals surface area contributed by atoms with Crippen molar-refractivity contribution in [2.24, 2.45) is 45.3 Å². The molecule has 4 nitrogen and oxygen atoms in total. The van der Waals surface area contributed by atoms with Gasteiger partial charge in [-0.05, 0) is 87.4 Å². The van der Waals surface area contributed by atoms with E-state index in [1.165, 1.54) is 6.29 Å². The third-order valence-electron chi connectivity index (χ3n) is 11.9. The molecule has 4 aliphatic rings. The molecule has 35 heavy (non-hydrogen) atoms. The van der Waals surface area contributed by atoms with Crippen molar-refractivity contribution in [3.63, 3.8) is 0 Å². The lowest BCUT2D eigenvalue weighted by atomic mass is 9.38. The Hall–Kier alpha value is -0.970. The molecule has 3 saturated carbocycles. The molecular formula is C31H50O4. The fraction of sp³-hybridized carbons (Fsp3) is 0.839. The van der Waals surface area contributed by atoms with Gasteiger partial charge in [-0.25, -0.2) is 0 Å². The van der Waals surface area contributed by atoms with Gasteiger partial charge in [0, 0.05) is 23.9 Å². The molecule has 2 N–H and O–H groups in total. The number of rotatable bonds is 6. The van der Waals surface area contributed by atoms with Crippen LogP contribution >= 0.6 is 0 Å². The molecule has 0 radical (unpaired) electrons. The molecule has 0 saturated heterocycles. The lowest BCUT2D eigenvalue weighted by molar-refractivity contribution is -0.182. The van der Waals surface area contributed by atoms with Crippen molar-refractivity contribution in [3.05, 3.63) is 23.8 Å². The van der Waals surface area contributed by atoms with E-state index in [9.17, 15) is 15.0 Å². The minimum Gasteiger partial charge on any atom is -0.392 e. The quantitative estimate of drug-likeness (QED) is 0.351. The highest BCUT2D eigenvalue weighted by atomic mass is 16.5. The fourth-order valence-electron chi connectivity index (χ4n) is 9.35. The second-order valence-electron chi connectivity index (χ2n) is 14.1. The van der Waals surface area contributed by atoms with Crippen LogP contribution in [0.25, 0.3) is 0 Å². The van der Waals surface area contributed by atoms with Crippen LogP contribution in [0.15, 0.2) is 23.8 Å². The van der Waals surface area contributed by atoms with Gasteiger partial charge in [-0.2, -0.15) is 0 Å². The van der Waals surface area contributed by atoms with E-state index in [2.05, 4.69) is 66.7 Å². The highest BCUT2D eigenvalue weighted by Gasteiger charge is 2.70. The fourth-order valence-corrected chi connectivity index (χ4v) is 9.35. The van der Waals surface area contributed by atoms with Gasteiger partial charge in [0.25, 0.3) is 0 Å². The molecule has 0 heterocycles. The van der Waals surface area contributed by atoms with E-state index in [1.807, 2.05) is 0 Å². The Bertz CT molecular complexity index is 886. The van der Waals surface area contributed by atoms with E-state index in [0.29, 0.717) is 11.8 Å². The second-order valence-corrected chi connectivity index (χ2v) is 14.1. The van der Waals surface area contributed by atoms with Crippen LogP contribution in [-0.4, -0.2) is 41.4 Å². The van der Waals surface area contributed by atoms with Crippen LogP contribution in [0.5, 0.6) is 0 Å². The van der Waals surface area contributed by atoms with Gasteiger partial charge in [-0.15, -0.1) is 0 Å². The maximum absolute atomic E-state index is 13.1. The summed E-state index contributed by atoms with van der Waals surface area (Å²) in [5, 5.41) is 22.5. The number of aldehydes is 1. The average Bonchev–Trinajstić information content (AvgIpc) is 3.07. The zero-order valence-corrected chi connectivity index (χ0v) is 23.4. The van der Waals surface area contributed by atoms with E-state index in [-0.39, 0.29) is 28.3 Å². The number of carbonyl (C=O) groups excluding carboxylic acids is 1. The van der Waals surface area contributed by atoms with Crippen LogP contribution in [0.3, 0.4) is 0 Å². The van der Waals surface area contributed by atoms with Crippen LogP contribution in [-0.2, 0) is 9.53 Å². The molecule has 198 valence electrons. The molecule has 0 spiro atoms. The summed E-state index contributed by atoms with van der Waals surface area (Å²) in [4.78, 5) is 13.1. The van der Waals surface area contributed by atoms with Gasteiger partial charge < -0.3 is 19.7 Å². The summed E-state index contributed by atoms with van der Waals surface area (Å²) >= 11 is 0. The number of hydrogen-bond donors (Lipinski definition) is 2. The van der Waals surface area contributed by atoms with Crippen molar-refractivity contribution in [1.29, 1.82) is 0 Å². The predicted octanol–water partition coefficient (Wildman–Crippen LogP) is 6.11. The van der Waals surface area contributed by atoms with Crippen LogP contribution in [0.1, 0.15) is 93.4 Å². The first kappa shape index (κ1) is 27.1. The number of methoxy groups -OCH3 is 1. The summed E-state index contributed by atoms with van der Waals surface area (Å²) in [5.74, 6) is 1.16. The SMILES string of the molecule is COC(C)(C)/C=C/C[C@@H](C)[C@H]1CC[C@@]2(C)[C@@H]3[C@@H](O)C=C4[C@H](CC[C@H](O)C4(C)C)[C@]3(C=O)CC[C@]12C. The maximum atomic E-state index is 13.1. The lowest BCUT2D eigenvalue weighted by Crippen LogP contribution is -2.64. The Labute approximate surface area is 213 Å². The molecule has 0 aliphatic heterocycles. The molecule has 0 aromatic rings. The Balaban J connectivity index is 1.68.